The molecule has 0 rings (SSSR count). The van der Waals surface area contributed by atoms with E-state index in [1.54, 1.807) is 6.92 Å². The van der Waals surface area contributed by atoms with Crippen LogP contribution >= 0.6 is 0 Å². The van der Waals surface area contributed by atoms with Gasteiger partial charge in [0.2, 0.25) is 11.8 Å². The highest BCUT2D eigenvalue weighted by Crippen LogP contribution is 2.05. The van der Waals surface area contributed by atoms with Gasteiger partial charge < -0.3 is 20.9 Å². The third kappa shape index (κ3) is 7.19. The van der Waals surface area contributed by atoms with Crippen molar-refractivity contribution in [1.29, 1.82) is 0 Å². The summed E-state index contributed by atoms with van der Waals surface area (Å²) >= 11 is 0. The molecule has 2 amide bonds. The van der Waals surface area contributed by atoms with Gasteiger partial charge in [0.1, 0.15) is 6.10 Å². The van der Waals surface area contributed by atoms with Crippen molar-refractivity contribution < 1.29 is 19.1 Å². The summed E-state index contributed by atoms with van der Waals surface area (Å²) in [5.41, 5.74) is 10.0. The van der Waals surface area contributed by atoms with Gasteiger partial charge in [0.25, 0.3) is 0 Å². The average Bonchev–Trinajstić information content (AvgIpc) is 2.12. The molecule has 0 aliphatic carbocycles. The lowest BCUT2D eigenvalue weighted by Crippen LogP contribution is -2.38. The highest BCUT2D eigenvalue weighted by atomic mass is 16.7. The lowest BCUT2D eigenvalue weighted by atomic mass is 10.2. The Hall–Kier alpha value is -1.14. The molecule has 16 heavy (non-hydrogen) atoms. The highest BCUT2D eigenvalue weighted by Gasteiger charge is 2.21. The second-order valence-electron chi connectivity index (χ2n) is 3.99. The number of ether oxygens (including phenoxy) is 2. The predicted octanol–water partition coefficient (Wildman–Crippen LogP) is -0.249. The Morgan fingerprint density at radius 1 is 1.19 bits per heavy atom. The first-order chi connectivity index (χ1) is 7.32. The minimum atomic E-state index is -1.03. The molecule has 2 atom stereocenters. The Labute approximate surface area is 95.3 Å². The van der Waals surface area contributed by atoms with Crippen LogP contribution in [0.5, 0.6) is 0 Å². The molecule has 2 unspecified atom stereocenters. The van der Waals surface area contributed by atoms with E-state index in [2.05, 4.69) is 0 Å². The zero-order chi connectivity index (χ0) is 12.7. The number of amides is 2. The number of rotatable bonds is 8. The van der Waals surface area contributed by atoms with E-state index in [1.807, 2.05) is 13.8 Å². The van der Waals surface area contributed by atoms with Crippen LogP contribution in [0.25, 0.3) is 0 Å². The van der Waals surface area contributed by atoms with Gasteiger partial charge in [0, 0.05) is 0 Å². The summed E-state index contributed by atoms with van der Waals surface area (Å²) in [5.74, 6) is -1.01. The highest BCUT2D eigenvalue weighted by molar-refractivity contribution is 5.85. The quantitative estimate of drug-likeness (QED) is 0.563. The number of nitrogens with two attached hydrogens (primary N) is 2. The molecule has 94 valence electrons. The summed E-state index contributed by atoms with van der Waals surface area (Å²) in [4.78, 5) is 21.6. The third-order valence-corrected chi connectivity index (χ3v) is 1.72. The maximum Gasteiger partial charge on any atom is 0.247 e. The fourth-order valence-corrected chi connectivity index (χ4v) is 0.997. The Morgan fingerprint density at radius 2 is 1.75 bits per heavy atom. The summed E-state index contributed by atoms with van der Waals surface area (Å²) in [5, 5.41) is 0. The summed E-state index contributed by atoms with van der Waals surface area (Å²) in [6.45, 7) is 6.12. The van der Waals surface area contributed by atoms with E-state index >= 15 is 0 Å². The van der Waals surface area contributed by atoms with Crippen molar-refractivity contribution in [2.45, 2.75) is 39.6 Å². The number of hydrogen-bond donors (Lipinski definition) is 2. The van der Waals surface area contributed by atoms with E-state index in [1.165, 1.54) is 0 Å². The van der Waals surface area contributed by atoms with Gasteiger partial charge in [-0.1, -0.05) is 13.8 Å². The molecule has 0 spiro atoms. The molecular weight excluding hydrogens is 212 g/mol. The Bertz CT molecular complexity index is 243. The van der Waals surface area contributed by atoms with Crippen LogP contribution in [0, 0.1) is 5.92 Å². The predicted molar refractivity (Wildman–Crippen MR) is 58.1 cm³/mol. The standard InChI is InChI=1S/C10H20N2O4/c1-6(2)5-15-7(3)16-8(10(12)14)4-9(11)13/h6-8H,4-5H2,1-3H3,(H2,11,13)(H2,12,14). The summed E-state index contributed by atoms with van der Waals surface area (Å²) in [6.07, 6.45) is -1.86. The normalized spacial score (nSPS) is 14.8. The number of primary amides is 2. The molecule has 0 heterocycles. The Kier molecular flexibility index (Phi) is 6.67. The van der Waals surface area contributed by atoms with E-state index < -0.39 is 24.2 Å². The fourth-order valence-electron chi connectivity index (χ4n) is 0.997. The van der Waals surface area contributed by atoms with Crippen LogP contribution in [0.1, 0.15) is 27.2 Å². The molecule has 0 aromatic carbocycles. The fraction of sp³-hybridized carbons (Fsp3) is 0.800. The monoisotopic (exact) mass is 232 g/mol. The van der Waals surface area contributed by atoms with E-state index in [0.717, 1.165) is 0 Å². The molecule has 0 saturated carbocycles. The lowest BCUT2D eigenvalue weighted by Gasteiger charge is -2.20. The Morgan fingerprint density at radius 3 is 2.12 bits per heavy atom. The second-order valence-corrected chi connectivity index (χ2v) is 3.99. The molecule has 0 radical (unpaired) electrons. The largest absolute Gasteiger partial charge is 0.370 e. The molecule has 0 bridgehead atoms. The topological polar surface area (TPSA) is 105 Å². The molecule has 0 fully saturated rings. The van der Waals surface area contributed by atoms with E-state index in [4.69, 9.17) is 20.9 Å². The maximum absolute atomic E-state index is 10.9. The van der Waals surface area contributed by atoms with Gasteiger partial charge in [-0.15, -0.1) is 0 Å². The van der Waals surface area contributed by atoms with Gasteiger partial charge in [0.05, 0.1) is 13.0 Å². The van der Waals surface area contributed by atoms with Crippen molar-refractivity contribution in [2.24, 2.45) is 17.4 Å². The smallest absolute Gasteiger partial charge is 0.247 e. The van der Waals surface area contributed by atoms with Gasteiger partial charge in [-0.2, -0.15) is 0 Å². The maximum atomic E-state index is 10.9. The molecule has 0 aliphatic rings. The minimum Gasteiger partial charge on any atom is -0.370 e. The van der Waals surface area contributed by atoms with Crippen molar-refractivity contribution in [3.8, 4) is 0 Å². The zero-order valence-electron chi connectivity index (χ0n) is 9.93. The van der Waals surface area contributed by atoms with E-state index in [-0.39, 0.29) is 6.42 Å². The van der Waals surface area contributed by atoms with Crippen molar-refractivity contribution in [3.05, 3.63) is 0 Å². The summed E-state index contributed by atoms with van der Waals surface area (Å²) < 4.78 is 10.5. The number of carbonyl (C=O) groups excluding carboxylic acids is 2. The SMILES string of the molecule is CC(C)COC(C)OC(CC(N)=O)C(N)=O. The van der Waals surface area contributed by atoms with Crippen LogP contribution in [0.4, 0.5) is 0 Å². The van der Waals surface area contributed by atoms with Crippen molar-refractivity contribution >= 4 is 11.8 Å². The van der Waals surface area contributed by atoms with Crippen LogP contribution in [0.3, 0.4) is 0 Å². The molecule has 0 aromatic rings. The van der Waals surface area contributed by atoms with Crippen molar-refractivity contribution in [3.63, 3.8) is 0 Å². The molecule has 0 aliphatic heterocycles. The summed E-state index contributed by atoms with van der Waals surface area (Å²) in [6, 6.07) is 0. The number of carbonyl (C=O) groups is 2. The first kappa shape index (κ1) is 14.9. The Balaban J connectivity index is 4.07. The van der Waals surface area contributed by atoms with Crippen molar-refractivity contribution in [2.75, 3.05) is 6.61 Å². The zero-order valence-corrected chi connectivity index (χ0v) is 9.93. The molecular formula is C10H20N2O4. The average molecular weight is 232 g/mol. The summed E-state index contributed by atoms with van der Waals surface area (Å²) in [7, 11) is 0. The van der Waals surface area contributed by atoms with Crippen LogP contribution in [0.2, 0.25) is 0 Å². The lowest BCUT2D eigenvalue weighted by molar-refractivity contribution is -0.176. The first-order valence-electron chi connectivity index (χ1n) is 5.17. The number of hydrogen-bond acceptors (Lipinski definition) is 4. The third-order valence-electron chi connectivity index (χ3n) is 1.72. The van der Waals surface area contributed by atoms with E-state index in [0.29, 0.717) is 12.5 Å². The van der Waals surface area contributed by atoms with Gasteiger partial charge >= 0.3 is 0 Å². The molecule has 6 nitrogen and oxygen atoms in total. The molecule has 0 aromatic heterocycles. The molecule has 4 N–H and O–H groups in total. The van der Waals surface area contributed by atoms with Gasteiger partial charge in [0.15, 0.2) is 6.29 Å². The molecule has 6 heteroatoms. The van der Waals surface area contributed by atoms with E-state index in [9.17, 15) is 9.59 Å². The second kappa shape index (κ2) is 7.19. The van der Waals surface area contributed by atoms with Gasteiger partial charge in [-0.05, 0) is 12.8 Å². The van der Waals surface area contributed by atoms with Crippen LogP contribution in [0.15, 0.2) is 0 Å². The van der Waals surface area contributed by atoms with Crippen molar-refractivity contribution in [1.82, 2.24) is 0 Å². The van der Waals surface area contributed by atoms with Crippen LogP contribution < -0.4 is 11.5 Å². The molecule has 0 saturated heterocycles. The first-order valence-corrected chi connectivity index (χ1v) is 5.17. The minimum absolute atomic E-state index is 0.231. The van der Waals surface area contributed by atoms with Crippen LogP contribution in [-0.4, -0.2) is 30.8 Å². The van der Waals surface area contributed by atoms with Gasteiger partial charge in [-0.3, -0.25) is 9.59 Å². The van der Waals surface area contributed by atoms with Gasteiger partial charge in [-0.25, -0.2) is 0 Å². The van der Waals surface area contributed by atoms with Crippen LogP contribution in [-0.2, 0) is 19.1 Å².